The van der Waals surface area contributed by atoms with Gasteiger partial charge >= 0.3 is 5.97 Å². The van der Waals surface area contributed by atoms with Crippen LogP contribution in [-0.4, -0.2) is 23.6 Å². The zero-order chi connectivity index (χ0) is 19.4. The van der Waals surface area contributed by atoms with Gasteiger partial charge in [-0.1, -0.05) is 53.5 Å². The number of aromatic hydroxyl groups is 1. The van der Waals surface area contributed by atoms with Crippen LogP contribution in [0.2, 0.25) is 10.0 Å². The summed E-state index contributed by atoms with van der Waals surface area (Å²) in [4.78, 5) is 24.1. The minimum absolute atomic E-state index is 0.00208. The van der Waals surface area contributed by atoms with E-state index in [0.717, 1.165) is 10.8 Å². The first-order valence-electron chi connectivity index (χ1n) is 8.03. The molecule has 0 radical (unpaired) electrons. The molecule has 0 bridgehead atoms. The van der Waals surface area contributed by atoms with Crippen LogP contribution in [0, 0.1) is 0 Å². The van der Waals surface area contributed by atoms with Crippen molar-refractivity contribution in [2.45, 2.75) is 6.54 Å². The van der Waals surface area contributed by atoms with Crippen LogP contribution in [0.3, 0.4) is 0 Å². The van der Waals surface area contributed by atoms with Gasteiger partial charge in [0.25, 0.3) is 5.91 Å². The number of hydrogen-bond donors (Lipinski definition) is 2. The molecule has 1 amide bonds. The Morgan fingerprint density at radius 3 is 2.41 bits per heavy atom. The number of halogens is 2. The van der Waals surface area contributed by atoms with Crippen LogP contribution in [0.15, 0.2) is 54.6 Å². The summed E-state index contributed by atoms with van der Waals surface area (Å²) in [6.07, 6.45) is 0. The molecule has 27 heavy (non-hydrogen) atoms. The molecule has 0 aliphatic heterocycles. The van der Waals surface area contributed by atoms with Gasteiger partial charge in [0.2, 0.25) is 0 Å². The summed E-state index contributed by atoms with van der Waals surface area (Å²) in [5, 5.41) is 15.1. The summed E-state index contributed by atoms with van der Waals surface area (Å²) >= 11 is 11.9. The van der Waals surface area contributed by atoms with Gasteiger partial charge in [0, 0.05) is 16.6 Å². The summed E-state index contributed by atoms with van der Waals surface area (Å²) in [5.41, 5.74) is 0.690. The van der Waals surface area contributed by atoms with Gasteiger partial charge in [0.05, 0.1) is 0 Å². The smallest absolute Gasteiger partial charge is 0.342 e. The average Bonchev–Trinajstić information content (AvgIpc) is 2.64. The van der Waals surface area contributed by atoms with E-state index in [4.69, 9.17) is 27.9 Å². The van der Waals surface area contributed by atoms with Gasteiger partial charge in [-0.2, -0.15) is 0 Å². The van der Waals surface area contributed by atoms with Crippen molar-refractivity contribution in [3.63, 3.8) is 0 Å². The lowest BCUT2D eigenvalue weighted by Gasteiger charge is -2.09. The molecular formula is C20H15Cl2NO4. The minimum Gasteiger partial charge on any atom is -0.507 e. The molecule has 5 nitrogen and oxygen atoms in total. The number of esters is 1. The molecule has 3 rings (SSSR count). The first kappa shape index (κ1) is 19.0. The maximum atomic E-state index is 12.2. The first-order valence-corrected chi connectivity index (χ1v) is 8.79. The maximum Gasteiger partial charge on any atom is 0.342 e. The Hall–Kier alpha value is -2.76. The predicted molar refractivity (Wildman–Crippen MR) is 104 cm³/mol. The first-order chi connectivity index (χ1) is 12.9. The van der Waals surface area contributed by atoms with Crippen LogP contribution in [0.5, 0.6) is 5.75 Å². The van der Waals surface area contributed by atoms with E-state index >= 15 is 0 Å². The van der Waals surface area contributed by atoms with Gasteiger partial charge in [-0.3, -0.25) is 4.79 Å². The molecule has 0 aliphatic rings. The monoisotopic (exact) mass is 403 g/mol. The highest BCUT2D eigenvalue weighted by atomic mass is 35.5. The molecule has 0 heterocycles. The summed E-state index contributed by atoms with van der Waals surface area (Å²) in [6.45, 7) is -0.302. The number of phenols is 1. The molecule has 2 N–H and O–H groups in total. The summed E-state index contributed by atoms with van der Waals surface area (Å²) in [7, 11) is 0. The maximum absolute atomic E-state index is 12.2. The number of nitrogens with one attached hydrogen (secondary N) is 1. The molecule has 0 saturated heterocycles. The van der Waals surface area contributed by atoms with E-state index in [2.05, 4.69) is 5.32 Å². The van der Waals surface area contributed by atoms with Crippen LogP contribution >= 0.6 is 23.2 Å². The fraction of sp³-hybridized carbons (Fsp3) is 0.100. The quantitative estimate of drug-likeness (QED) is 0.621. The normalized spacial score (nSPS) is 10.6. The summed E-state index contributed by atoms with van der Waals surface area (Å²) in [5.74, 6) is -1.47. The molecule has 3 aromatic carbocycles. The molecule has 0 fully saturated rings. The number of rotatable bonds is 5. The van der Waals surface area contributed by atoms with E-state index in [-0.39, 0.29) is 17.9 Å². The van der Waals surface area contributed by atoms with Gasteiger partial charge in [0.1, 0.15) is 11.3 Å². The lowest BCUT2D eigenvalue weighted by atomic mass is 10.1. The Kier molecular flexibility index (Phi) is 5.84. The lowest BCUT2D eigenvalue weighted by Crippen LogP contribution is -2.28. The molecule has 0 aromatic heterocycles. The van der Waals surface area contributed by atoms with E-state index in [1.165, 1.54) is 12.1 Å². The molecular weight excluding hydrogens is 389 g/mol. The van der Waals surface area contributed by atoms with Crippen LogP contribution in [0.1, 0.15) is 15.9 Å². The van der Waals surface area contributed by atoms with Gasteiger partial charge in [-0.25, -0.2) is 4.79 Å². The summed E-state index contributed by atoms with van der Waals surface area (Å²) in [6, 6.07) is 15.2. The summed E-state index contributed by atoms with van der Waals surface area (Å²) < 4.78 is 4.99. The van der Waals surface area contributed by atoms with Crippen molar-refractivity contribution >= 4 is 45.9 Å². The van der Waals surface area contributed by atoms with Gasteiger partial charge in [-0.05, 0) is 40.6 Å². The third kappa shape index (κ3) is 4.70. The van der Waals surface area contributed by atoms with Crippen LogP contribution in [-0.2, 0) is 16.1 Å². The standard InChI is InChI=1S/C20H15Cl2NO4/c21-15-6-5-14(17(22)9-15)10-23-19(25)11-27-20(26)16-7-12-3-1-2-4-13(12)8-18(16)24/h1-9,24H,10-11H2,(H,23,25). The number of phenolic OH excluding ortho intramolecular Hbond substituents is 1. The molecule has 138 valence electrons. The van der Waals surface area contributed by atoms with Gasteiger partial charge in [0.15, 0.2) is 6.61 Å². The second-order valence-electron chi connectivity index (χ2n) is 5.81. The number of benzene rings is 3. The third-order valence-corrected chi connectivity index (χ3v) is 4.50. The molecule has 0 saturated carbocycles. The Balaban J connectivity index is 1.58. The second-order valence-corrected chi connectivity index (χ2v) is 6.65. The SMILES string of the molecule is O=C(COC(=O)c1cc2ccccc2cc1O)NCc1ccc(Cl)cc1Cl. The molecule has 0 unspecified atom stereocenters. The van der Waals surface area contributed by atoms with Crippen LogP contribution in [0.4, 0.5) is 0 Å². The molecule has 0 aliphatic carbocycles. The highest BCUT2D eigenvalue weighted by Crippen LogP contribution is 2.25. The Morgan fingerprint density at radius 2 is 1.70 bits per heavy atom. The van der Waals surface area contributed by atoms with E-state index in [1.54, 1.807) is 18.2 Å². The van der Waals surface area contributed by atoms with Crippen molar-refractivity contribution in [1.29, 1.82) is 0 Å². The topological polar surface area (TPSA) is 75.6 Å². The molecule has 3 aromatic rings. The Bertz CT molecular complexity index is 1020. The van der Waals surface area contributed by atoms with Crippen molar-refractivity contribution in [2.75, 3.05) is 6.61 Å². The predicted octanol–water partition coefficient (Wildman–Crippen LogP) is 4.33. The number of amides is 1. The number of carbonyl (C=O) groups is 2. The second kappa shape index (κ2) is 8.29. The highest BCUT2D eigenvalue weighted by Gasteiger charge is 2.15. The van der Waals surface area contributed by atoms with E-state index in [1.807, 2.05) is 24.3 Å². The Labute approximate surface area is 165 Å². The van der Waals surface area contributed by atoms with Crippen molar-refractivity contribution in [3.8, 4) is 5.75 Å². The number of hydrogen-bond acceptors (Lipinski definition) is 4. The van der Waals surface area contributed by atoms with E-state index in [9.17, 15) is 14.7 Å². The number of fused-ring (bicyclic) bond motifs is 1. The molecule has 7 heteroatoms. The van der Waals surface area contributed by atoms with Gasteiger partial charge < -0.3 is 15.2 Å². The zero-order valence-electron chi connectivity index (χ0n) is 14.0. The van der Waals surface area contributed by atoms with Crippen molar-refractivity contribution in [2.24, 2.45) is 0 Å². The van der Waals surface area contributed by atoms with E-state index in [0.29, 0.717) is 15.6 Å². The third-order valence-electron chi connectivity index (χ3n) is 3.91. The fourth-order valence-corrected chi connectivity index (χ4v) is 2.99. The van der Waals surface area contributed by atoms with Gasteiger partial charge in [-0.15, -0.1) is 0 Å². The van der Waals surface area contributed by atoms with Crippen molar-refractivity contribution in [1.82, 2.24) is 5.32 Å². The van der Waals surface area contributed by atoms with Crippen molar-refractivity contribution in [3.05, 3.63) is 75.8 Å². The molecule has 0 spiro atoms. The fourth-order valence-electron chi connectivity index (χ4n) is 2.51. The zero-order valence-corrected chi connectivity index (χ0v) is 15.6. The van der Waals surface area contributed by atoms with E-state index < -0.39 is 18.5 Å². The van der Waals surface area contributed by atoms with Crippen molar-refractivity contribution < 1.29 is 19.4 Å². The van der Waals surface area contributed by atoms with Crippen LogP contribution < -0.4 is 5.32 Å². The highest BCUT2D eigenvalue weighted by molar-refractivity contribution is 6.35. The lowest BCUT2D eigenvalue weighted by molar-refractivity contribution is -0.124. The Morgan fingerprint density at radius 1 is 1.00 bits per heavy atom. The number of ether oxygens (including phenoxy) is 1. The van der Waals surface area contributed by atoms with Crippen LogP contribution in [0.25, 0.3) is 10.8 Å². The minimum atomic E-state index is -0.780. The molecule has 0 atom stereocenters. The number of carbonyl (C=O) groups excluding carboxylic acids is 2. The largest absolute Gasteiger partial charge is 0.507 e. The average molecular weight is 404 g/mol.